The normalized spacial score (nSPS) is 20.8. The lowest BCUT2D eigenvalue weighted by atomic mass is 10.2. The minimum atomic E-state index is 0.337. The van der Waals surface area contributed by atoms with Crippen molar-refractivity contribution in [2.24, 2.45) is 5.92 Å². The van der Waals surface area contributed by atoms with E-state index in [1.54, 1.807) is 6.33 Å². The minimum Gasteiger partial charge on any atom is -0.369 e. The van der Waals surface area contributed by atoms with Crippen molar-refractivity contribution >= 4 is 0 Å². The first-order chi connectivity index (χ1) is 7.75. The van der Waals surface area contributed by atoms with Crippen molar-refractivity contribution in [3.63, 3.8) is 0 Å². The van der Waals surface area contributed by atoms with Crippen LogP contribution >= 0.6 is 0 Å². The van der Waals surface area contributed by atoms with Crippen LogP contribution in [-0.4, -0.2) is 34.0 Å². The van der Waals surface area contributed by atoms with Gasteiger partial charge in [-0.15, -0.1) is 0 Å². The van der Waals surface area contributed by atoms with Crippen LogP contribution in [0, 0.1) is 5.92 Å². The molecule has 0 aliphatic carbocycles. The van der Waals surface area contributed by atoms with Crippen molar-refractivity contribution in [1.82, 2.24) is 20.1 Å². The molecule has 90 valence electrons. The Hall–Kier alpha value is -0.940. The highest BCUT2D eigenvalue weighted by Gasteiger charge is 2.16. The zero-order valence-corrected chi connectivity index (χ0v) is 10.0. The van der Waals surface area contributed by atoms with Gasteiger partial charge in [0.25, 0.3) is 0 Å². The maximum absolute atomic E-state index is 5.78. The van der Waals surface area contributed by atoms with Crippen molar-refractivity contribution in [2.75, 3.05) is 13.1 Å². The highest BCUT2D eigenvalue weighted by Crippen LogP contribution is 2.08. The van der Waals surface area contributed by atoms with E-state index in [1.807, 2.05) is 4.68 Å². The van der Waals surface area contributed by atoms with Crippen molar-refractivity contribution in [3.8, 4) is 0 Å². The predicted molar refractivity (Wildman–Crippen MR) is 60.9 cm³/mol. The second-order valence-electron chi connectivity index (χ2n) is 4.68. The third-order valence-corrected chi connectivity index (χ3v) is 2.70. The number of aromatic nitrogens is 3. The van der Waals surface area contributed by atoms with Gasteiger partial charge in [-0.05, 0) is 18.9 Å². The van der Waals surface area contributed by atoms with Gasteiger partial charge >= 0.3 is 0 Å². The van der Waals surface area contributed by atoms with E-state index in [4.69, 9.17) is 4.74 Å². The molecule has 1 saturated heterocycles. The fraction of sp³-hybridized carbons (Fsp3) is 0.818. The Morgan fingerprint density at radius 2 is 2.50 bits per heavy atom. The minimum absolute atomic E-state index is 0.337. The third-order valence-electron chi connectivity index (χ3n) is 2.70. The monoisotopic (exact) mass is 224 g/mol. The van der Waals surface area contributed by atoms with Crippen LogP contribution in [0.2, 0.25) is 0 Å². The van der Waals surface area contributed by atoms with Gasteiger partial charge in [0.1, 0.15) is 12.9 Å². The number of nitrogens with zero attached hydrogens (tertiary/aromatic N) is 3. The van der Waals surface area contributed by atoms with Crippen molar-refractivity contribution in [2.45, 2.75) is 39.5 Å². The molecule has 1 aliphatic heterocycles. The Kier molecular flexibility index (Phi) is 3.90. The molecular weight excluding hydrogens is 204 g/mol. The molecule has 5 nitrogen and oxygen atoms in total. The Bertz CT molecular complexity index is 318. The maximum atomic E-state index is 5.78. The number of nitrogens with one attached hydrogen (secondary N) is 1. The summed E-state index contributed by atoms with van der Waals surface area (Å²) in [7, 11) is 0. The zero-order chi connectivity index (χ0) is 11.4. The lowest BCUT2D eigenvalue weighted by Gasteiger charge is -2.12. The van der Waals surface area contributed by atoms with Gasteiger partial charge in [0.2, 0.25) is 0 Å². The SMILES string of the molecule is CC(C)Cn1ncnc1COC1CCNC1. The molecule has 0 spiro atoms. The molecule has 2 heterocycles. The standard InChI is InChI=1S/C11H20N4O/c1-9(2)6-15-11(13-8-14-15)7-16-10-3-4-12-5-10/h8-10,12H,3-7H2,1-2H3. The largest absolute Gasteiger partial charge is 0.369 e. The number of hydrogen-bond donors (Lipinski definition) is 1. The Morgan fingerprint density at radius 1 is 1.62 bits per heavy atom. The van der Waals surface area contributed by atoms with Crippen molar-refractivity contribution in [1.29, 1.82) is 0 Å². The highest BCUT2D eigenvalue weighted by molar-refractivity contribution is 4.83. The van der Waals surface area contributed by atoms with Gasteiger partial charge in [-0.2, -0.15) is 5.10 Å². The summed E-state index contributed by atoms with van der Waals surface area (Å²) in [4.78, 5) is 4.24. The Balaban J connectivity index is 1.85. The Labute approximate surface area is 96.2 Å². The van der Waals surface area contributed by atoms with Gasteiger partial charge in [-0.1, -0.05) is 13.8 Å². The average molecular weight is 224 g/mol. The summed E-state index contributed by atoms with van der Waals surface area (Å²) in [6, 6.07) is 0. The lowest BCUT2D eigenvalue weighted by molar-refractivity contribution is 0.0475. The first-order valence-corrected chi connectivity index (χ1v) is 5.94. The summed E-state index contributed by atoms with van der Waals surface area (Å²) < 4.78 is 7.72. The van der Waals surface area contributed by atoms with E-state index < -0.39 is 0 Å². The fourth-order valence-corrected chi connectivity index (χ4v) is 1.86. The van der Waals surface area contributed by atoms with Crippen LogP contribution in [0.5, 0.6) is 0 Å². The summed E-state index contributed by atoms with van der Waals surface area (Å²) in [5.74, 6) is 1.51. The van der Waals surface area contributed by atoms with Crippen LogP contribution in [-0.2, 0) is 17.9 Å². The molecule has 0 bridgehead atoms. The molecule has 1 aliphatic rings. The summed E-state index contributed by atoms with van der Waals surface area (Å²) in [6.07, 6.45) is 3.04. The van der Waals surface area contributed by atoms with Crippen LogP contribution in [0.4, 0.5) is 0 Å². The molecule has 0 aromatic carbocycles. The van der Waals surface area contributed by atoms with E-state index in [0.29, 0.717) is 18.6 Å². The summed E-state index contributed by atoms with van der Waals surface area (Å²) in [5.41, 5.74) is 0. The number of ether oxygens (including phenoxy) is 1. The lowest BCUT2D eigenvalue weighted by Crippen LogP contribution is -2.18. The van der Waals surface area contributed by atoms with Gasteiger partial charge in [0, 0.05) is 13.1 Å². The molecule has 2 rings (SSSR count). The highest BCUT2D eigenvalue weighted by atomic mass is 16.5. The van der Waals surface area contributed by atoms with Gasteiger partial charge in [-0.3, -0.25) is 0 Å². The van der Waals surface area contributed by atoms with E-state index >= 15 is 0 Å². The topological polar surface area (TPSA) is 52.0 Å². The van der Waals surface area contributed by atoms with Crippen LogP contribution in [0.3, 0.4) is 0 Å². The predicted octanol–water partition coefficient (Wildman–Crippen LogP) is 0.813. The molecule has 1 atom stereocenters. The quantitative estimate of drug-likeness (QED) is 0.804. The van der Waals surface area contributed by atoms with Crippen LogP contribution < -0.4 is 5.32 Å². The molecule has 1 aromatic rings. The molecule has 1 unspecified atom stereocenters. The zero-order valence-electron chi connectivity index (χ0n) is 10.0. The molecule has 1 N–H and O–H groups in total. The van der Waals surface area contributed by atoms with E-state index in [0.717, 1.165) is 31.9 Å². The average Bonchev–Trinajstić information content (AvgIpc) is 2.84. The number of hydrogen-bond acceptors (Lipinski definition) is 4. The summed E-state index contributed by atoms with van der Waals surface area (Å²) in [6.45, 7) is 7.84. The summed E-state index contributed by atoms with van der Waals surface area (Å²) >= 11 is 0. The van der Waals surface area contributed by atoms with Gasteiger partial charge in [0.15, 0.2) is 5.82 Å². The number of rotatable bonds is 5. The van der Waals surface area contributed by atoms with Gasteiger partial charge < -0.3 is 10.1 Å². The Morgan fingerprint density at radius 3 is 3.19 bits per heavy atom. The first kappa shape index (κ1) is 11.5. The fourth-order valence-electron chi connectivity index (χ4n) is 1.86. The smallest absolute Gasteiger partial charge is 0.152 e. The summed E-state index contributed by atoms with van der Waals surface area (Å²) in [5, 5.41) is 7.49. The molecule has 16 heavy (non-hydrogen) atoms. The van der Waals surface area contributed by atoms with E-state index in [1.165, 1.54) is 0 Å². The van der Waals surface area contributed by atoms with Crippen LogP contribution in [0.15, 0.2) is 6.33 Å². The molecule has 5 heteroatoms. The van der Waals surface area contributed by atoms with Gasteiger partial charge in [0.05, 0.1) is 6.10 Å². The molecule has 0 radical (unpaired) electrons. The van der Waals surface area contributed by atoms with Crippen LogP contribution in [0.1, 0.15) is 26.1 Å². The molecule has 1 fully saturated rings. The second kappa shape index (κ2) is 5.41. The first-order valence-electron chi connectivity index (χ1n) is 5.94. The van der Waals surface area contributed by atoms with Crippen LogP contribution in [0.25, 0.3) is 0 Å². The maximum Gasteiger partial charge on any atom is 0.152 e. The van der Waals surface area contributed by atoms with Crippen molar-refractivity contribution < 1.29 is 4.74 Å². The van der Waals surface area contributed by atoms with E-state index in [-0.39, 0.29) is 0 Å². The third kappa shape index (κ3) is 3.02. The second-order valence-corrected chi connectivity index (χ2v) is 4.68. The van der Waals surface area contributed by atoms with Gasteiger partial charge in [-0.25, -0.2) is 9.67 Å². The molecule has 0 saturated carbocycles. The van der Waals surface area contributed by atoms with E-state index in [2.05, 4.69) is 29.2 Å². The van der Waals surface area contributed by atoms with Crippen molar-refractivity contribution in [3.05, 3.63) is 12.2 Å². The molecule has 1 aromatic heterocycles. The van der Waals surface area contributed by atoms with E-state index in [9.17, 15) is 0 Å². The molecule has 0 amide bonds. The molecular formula is C11H20N4O.